The molecule has 0 amide bonds. The number of carbonyl (C=O) groups is 1. The monoisotopic (exact) mass is 238 g/mol. The van der Waals surface area contributed by atoms with Gasteiger partial charge in [-0.25, -0.2) is 26.7 Å². The molecule has 0 aliphatic heterocycles. The molecule has 16 heavy (non-hydrogen) atoms. The van der Waals surface area contributed by atoms with Gasteiger partial charge in [0, 0.05) is 6.08 Å². The summed E-state index contributed by atoms with van der Waals surface area (Å²) in [5, 5.41) is 8.16. The van der Waals surface area contributed by atoms with Crippen molar-refractivity contribution in [2.45, 2.75) is 0 Å². The number of hydrogen-bond acceptors (Lipinski definition) is 1. The van der Waals surface area contributed by atoms with E-state index in [1.165, 1.54) is 0 Å². The Labute approximate surface area is 85.6 Å². The summed E-state index contributed by atoms with van der Waals surface area (Å²) < 4.78 is 63.5. The minimum absolute atomic E-state index is 0.262. The van der Waals surface area contributed by atoms with Crippen LogP contribution in [0.25, 0.3) is 6.08 Å². The van der Waals surface area contributed by atoms with Crippen LogP contribution in [0.2, 0.25) is 0 Å². The minimum Gasteiger partial charge on any atom is -0.478 e. The lowest BCUT2D eigenvalue weighted by Gasteiger charge is -2.03. The average molecular weight is 238 g/mol. The van der Waals surface area contributed by atoms with Crippen molar-refractivity contribution in [1.82, 2.24) is 0 Å². The van der Waals surface area contributed by atoms with Crippen LogP contribution in [0, 0.1) is 29.1 Å². The van der Waals surface area contributed by atoms with Crippen molar-refractivity contribution in [3.63, 3.8) is 0 Å². The topological polar surface area (TPSA) is 37.3 Å². The molecule has 2 nitrogen and oxygen atoms in total. The van der Waals surface area contributed by atoms with Crippen molar-refractivity contribution in [2.24, 2.45) is 0 Å². The number of aliphatic carboxylic acids is 1. The number of carboxylic acid groups (broad SMARTS) is 1. The lowest BCUT2D eigenvalue weighted by Crippen LogP contribution is -2.04. The van der Waals surface area contributed by atoms with Crippen LogP contribution < -0.4 is 0 Å². The highest BCUT2D eigenvalue weighted by Gasteiger charge is 2.24. The fraction of sp³-hybridized carbons (Fsp3) is 0. The van der Waals surface area contributed by atoms with Crippen molar-refractivity contribution in [3.8, 4) is 0 Å². The molecule has 1 aromatic carbocycles. The molecular weight excluding hydrogens is 235 g/mol. The maximum atomic E-state index is 12.9. The molecule has 0 radical (unpaired) electrons. The molecule has 0 bridgehead atoms. The van der Waals surface area contributed by atoms with E-state index >= 15 is 0 Å². The SMILES string of the molecule is O=C(O)/C=C\c1c(F)c(F)c(F)c(F)c1F. The summed E-state index contributed by atoms with van der Waals surface area (Å²) >= 11 is 0. The smallest absolute Gasteiger partial charge is 0.328 e. The van der Waals surface area contributed by atoms with E-state index in [1.54, 1.807) is 0 Å². The molecule has 1 rings (SSSR count). The van der Waals surface area contributed by atoms with Gasteiger partial charge in [0.15, 0.2) is 23.3 Å². The van der Waals surface area contributed by atoms with Crippen LogP contribution in [-0.4, -0.2) is 11.1 Å². The molecule has 0 heterocycles. The van der Waals surface area contributed by atoms with E-state index < -0.39 is 40.6 Å². The third-order valence-corrected chi connectivity index (χ3v) is 1.64. The van der Waals surface area contributed by atoms with Gasteiger partial charge in [-0.3, -0.25) is 0 Å². The van der Waals surface area contributed by atoms with Crippen LogP contribution in [-0.2, 0) is 4.79 Å². The van der Waals surface area contributed by atoms with Crippen LogP contribution in [0.4, 0.5) is 22.0 Å². The Morgan fingerprint density at radius 1 is 0.875 bits per heavy atom. The van der Waals surface area contributed by atoms with Gasteiger partial charge in [-0.15, -0.1) is 0 Å². The lowest BCUT2D eigenvalue weighted by atomic mass is 10.1. The quantitative estimate of drug-likeness (QED) is 0.372. The maximum Gasteiger partial charge on any atom is 0.328 e. The van der Waals surface area contributed by atoms with Crippen molar-refractivity contribution in [3.05, 3.63) is 40.7 Å². The Hall–Kier alpha value is -1.92. The fourth-order valence-electron chi connectivity index (χ4n) is 0.923. The molecule has 0 aliphatic carbocycles. The predicted molar refractivity (Wildman–Crippen MR) is 42.9 cm³/mol. The number of halogens is 5. The minimum atomic E-state index is -2.29. The number of benzene rings is 1. The predicted octanol–water partition coefficient (Wildman–Crippen LogP) is 2.48. The summed E-state index contributed by atoms with van der Waals surface area (Å²) in [5.41, 5.74) is -1.29. The third kappa shape index (κ3) is 2.02. The van der Waals surface area contributed by atoms with E-state index in [9.17, 15) is 26.7 Å². The largest absolute Gasteiger partial charge is 0.478 e. The second-order valence-corrected chi connectivity index (χ2v) is 2.66. The van der Waals surface area contributed by atoms with Gasteiger partial charge >= 0.3 is 5.97 Å². The maximum absolute atomic E-state index is 12.9. The first kappa shape index (κ1) is 12.2. The summed E-state index contributed by atoms with van der Waals surface area (Å²) in [4.78, 5) is 10.0. The summed E-state index contributed by atoms with van der Waals surface area (Å²) in [6.07, 6.45) is 0.552. The molecule has 0 unspecified atom stereocenters. The Bertz CT molecular complexity index is 452. The number of hydrogen-bond donors (Lipinski definition) is 1. The van der Waals surface area contributed by atoms with E-state index in [0.717, 1.165) is 0 Å². The standard InChI is InChI=1S/C9H3F5O2/c10-5-3(1-2-4(15)16)6(11)8(13)9(14)7(5)12/h1-2H,(H,15,16)/b2-1-. The van der Waals surface area contributed by atoms with Crippen LogP contribution in [0.15, 0.2) is 6.08 Å². The summed E-state index contributed by atoms with van der Waals surface area (Å²) in [5.74, 6) is -12.3. The summed E-state index contributed by atoms with van der Waals surface area (Å²) in [6, 6.07) is 0. The van der Waals surface area contributed by atoms with Crippen molar-refractivity contribution in [1.29, 1.82) is 0 Å². The molecule has 0 aromatic heterocycles. The summed E-state index contributed by atoms with van der Waals surface area (Å²) in [6.45, 7) is 0. The zero-order chi connectivity index (χ0) is 12.5. The van der Waals surface area contributed by atoms with Gasteiger partial charge in [0.25, 0.3) is 0 Å². The Morgan fingerprint density at radius 2 is 1.25 bits per heavy atom. The van der Waals surface area contributed by atoms with E-state index in [0.29, 0.717) is 6.08 Å². The third-order valence-electron chi connectivity index (χ3n) is 1.64. The lowest BCUT2D eigenvalue weighted by molar-refractivity contribution is -0.131. The van der Waals surface area contributed by atoms with E-state index in [-0.39, 0.29) is 6.08 Å². The molecule has 86 valence electrons. The highest BCUT2D eigenvalue weighted by molar-refractivity contribution is 5.85. The second kappa shape index (κ2) is 4.30. The Morgan fingerprint density at radius 3 is 1.62 bits per heavy atom. The number of carboxylic acids is 1. The van der Waals surface area contributed by atoms with Crippen LogP contribution in [0.3, 0.4) is 0 Å². The van der Waals surface area contributed by atoms with Gasteiger partial charge in [0.05, 0.1) is 5.56 Å². The number of rotatable bonds is 2. The van der Waals surface area contributed by atoms with E-state index in [4.69, 9.17) is 5.11 Å². The molecule has 1 aromatic rings. The van der Waals surface area contributed by atoms with Gasteiger partial charge in [-0.2, -0.15) is 0 Å². The fourth-order valence-corrected chi connectivity index (χ4v) is 0.923. The highest BCUT2D eigenvalue weighted by Crippen LogP contribution is 2.23. The molecular formula is C9H3F5O2. The zero-order valence-corrected chi connectivity index (χ0v) is 7.40. The second-order valence-electron chi connectivity index (χ2n) is 2.66. The first-order valence-corrected chi connectivity index (χ1v) is 3.78. The van der Waals surface area contributed by atoms with Gasteiger partial charge in [-0.05, 0) is 6.08 Å². The molecule has 0 saturated carbocycles. The zero-order valence-electron chi connectivity index (χ0n) is 7.40. The van der Waals surface area contributed by atoms with Crippen LogP contribution >= 0.6 is 0 Å². The molecule has 1 N–H and O–H groups in total. The average Bonchev–Trinajstić information content (AvgIpc) is 2.23. The van der Waals surface area contributed by atoms with Crippen molar-refractivity contribution >= 4 is 12.0 Å². The van der Waals surface area contributed by atoms with Gasteiger partial charge in [0.2, 0.25) is 5.82 Å². The van der Waals surface area contributed by atoms with Crippen LogP contribution in [0.1, 0.15) is 5.56 Å². The van der Waals surface area contributed by atoms with Gasteiger partial charge in [-0.1, -0.05) is 0 Å². The highest BCUT2D eigenvalue weighted by atomic mass is 19.2. The molecule has 7 heteroatoms. The first-order chi connectivity index (χ1) is 7.36. The van der Waals surface area contributed by atoms with Crippen molar-refractivity contribution in [2.75, 3.05) is 0 Å². The van der Waals surface area contributed by atoms with E-state index in [2.05, 4.69) is 0 Å². The molecule has 0 saturated heterocycles. The summed E-state index contributed by atoms with van der Waals surface area (Å²) in [7, 11) is 0. The molecule has 0 aliphatic rings. The Kier molecular flexibility index (Phi) is 3.26. The van der Waals surface area contributed by atoms with Gasteiger partial charge < -0.3 is 5.11 Å². The van der Waals surface area contributed by atoms with E-state index in [1.807, 2.05) is 0 Å². The van der Waals surface area contributed by atoms with Gasteiger partial charge in [0.1, 0.15) is 0 Å². The first-order valence-electron chi connectivity index (χ1n) is 3.78. The normalized spacial score (nSPS) is 11.1. The molecule has 0 atom stereocenters. The molecule has 0 fully saturated rings. The van der Waals surface area contributed by atoms with Crippen LogP contribution in [0.5, 0.6) is 0 Å². The van der Waals surface area contributed by atoms with Crippen molar-refractivity contribution < 1.29 is 31.9 Å². The Balaban J connectivity index is 3.45. The molecule has 0 spiro atoms.